The third-order valence-corrected chi connectivity index (χ3v) is 5.42. The largest absolute Gasteiger partial charge is 0.480 e. The molecule has 21 heavy (non-hydrogen) atoms. The molecule has 1 aromatic rings. The SMILES string of the molecule is CC(C(=O)N(CC(=O)O)C1CCOCC1)c1ccc(Br)s1. The number of nitrogens with zero attached hydrogens (tertiary/aromatic N) is 1. The molecule has 1 aliphatic rings. The van der Waals surface area contributed by atoms with Gasteiger partial charge in [-0.15, -0.1) is 11.3 Å². The van der Waals surface area contributed by atoms with Crippen LogP contribution in [0.1, 0.15) is 30.6 Å². The molecule has 0 saturated carbocycles. The molecule has 1 N–H and O–H groups in total. The highest BCUT2D eigenvalue weighted by Gasteiger charge is 2.31. The molecule has 0 aromatic carbocycles. The Morgan fingerprint density at radius 3 is 2.67 bits per heavy atom. The van der Waals surface area contributed by atoms with E-state index < -0.39 is 5.97 Å². The van der Waals surface area contributed by atoms with Gasteiger partial charge in [0.25, 0.3) is 0 Å². The number of hydrogen-bond acceptors (Lipinski definition) is 4. The predicted octanol–water partition coefficient (Wildman–Crippen LogP) is 2.71. The number of hydrogen-bond donors (Lipinski definition) is 1. The van der Waals surface area contributed by atoms with Gasteiger partial charge < -0.3 is 14.7 Å². The van der Waals surface area contributed by atoms with Gasteiger partial charge in [0.15, 0.2) is 0 Å². The summed E-state index contributed by atoms with van der Waals surface area (Å²) >= 11 is 4.89. The third-order valence-electron chi connectivity index (χ3n) is 3.61. The van der Waals surface area contributed by atoms with Crippen LogP contribution in [0.4, 0.5) is 0 Å². The fourth-order valence-electron chi connectivity index (χ4n) is 2.46. The average molecular weight is 376 g/mol. The lowest BCUT2D eigenvalue weighted by atomic mass is 10.0. The van der Waals surface area contributed by atoms with Gasteiger partial charge in [-0.05, 0) is 47.8 Å². The zero-order valence-corrected chi connectivity index (χ0v) is 14.2. The summed E-state index contributed by atoms with van der Waals surface area (Å²) in [6.45, 7) is 2.73. The molecule has 0 spiro atoms. The van der Waals surface area contributed by atoms with Crippen molar-refractivity contribution in [2.75, 3.05) is 19.8 Å². The maximum atomic E-state index is 12.7. The van der Waals surface area contributed by atoms with Crippen molar-refractivity contribution >= 4 is 39.1 Å². The minimum atomic E-state index is -0.977. The molecule has 2 rings (SSSR count). The molecule has 1 aliphatic heterocycles. The molecule has 1 amide bonds. The molecular formula is C14H18BrNO4S. The molecular weight excluding hydrogens is 358 g/mol. The van der Waals surface area contributed by atoms with Crippen molar-refractivity contribution in [2.45, 2.75) is 31.7 Å². The van der Waals surface area contributed by atoms with Crippen LogP contribution in [0.2, 0.25) is 0 Å². The first-order valence-corrected chi connectivity index (χ1v) is 8.45. The summed E-state index contributed by atoms with van der Waals surface area (Å²) in [6, 6.07) is 3.76. The number of carboxylic acids is 1. The van der Waals surface area contributed by atoms with E-state index >= 15 is 0 Å². The summed E-state index contributed by atoms with van der Waals surface area (Å²) in [7, 11) is 0. The molecule has 1 fully saturated rings. The molecule has 1 aromatic heterocycles. The van der Waals surface area contributed by atoms with E-state index in [2.05, 4.69) is 15.9 Å². The van der Waals surface area contributed by atoms with E-state index in [0.29, 0.717) is 26.1 Å². The second-order valence-electron chi connectivity index (χ2n) is 5.07. The summed E-state index contributed by atoms with van der Waals surface area (Å²) in [6.07, 6.45) is 1.39. The third kappa shape index (κ3) is 4.28. The second-order valence-corrected chi connectivity index (χ2v) is 7.56. The lowest BCUT2D eigenvalue weighted by Crippen LogP contribution is -2.47. The average Bonchev–Trinajstić information content (AvgIpc) is 2.90. The number of aliphatic carboxylic acids is 1. The number of amides is 1. The molecule has 7 heteroatoms. The smallest absolute Gasteiger partial charge is 0.323 e. The van der Waals surface area contributed by atoms with Gasteiger partial charge in [-0.3, -0.25) is 9.59 Å². The number of ether oxygens (including phenoxy) is 1. The first-order chi connectivity index (χ1) is 9.99. The number of thiophene rings is 1. The zero-order valence-electron chi connectivity index (χ0n) is 11.8. The quantitative estimate of drug-likeness (QED) is 0.858. The fraction of sp³-hybridized carbons (Fsp3) is 0.571. The Morgan fingerprint density at radius 1 is 1.48 bits per heavy atom. The first-order valence-electron chi connectivity index (χ1n) is 6.84. The minimum absolute atomic E-state index is 0.0480. The molecule has 0 radical (unpaired) electrons. The lowest BCUT2D eigenvalue weighted by molar-refractivity contribution is -0.148. The monoisotopic (exact) mass is 375 g/mol. The highest BCUT2D eigenvalue weighted by atomic mass is 79.9. The number of carbonyl (C=O) groups is 2. The van der Waals surface area contributed by atoms with Crippen LogP contribution >= 0.6 is 27.3 Å². The van der Waals surface area contributed by atoms with Crippen LogP contribution in [0.5, 0.6) is 0 Å². The molecule has 0 aliphatic carbocycles. The molecule has 0 bridgehead atoms. The summed E-state index contributed by atoms with van der Waals surface area (Å²) in [5, 5.41) is 9.09. The molecule has 2 heterocycles. The Labute approximate surface area is 136 Å². The lowest BCUT2D eigenvalue weighted by Gasteiger charge is -2.34. The van der Waals surface area contributed by atoms with Crippen molar-refractivity contribution in [3.8, 4) is 0 Å². The second kappa shape index (κ2) is 7.38. The number of carbonyl (C=O) groups excluding carboxylic acids is 1. The Kier molecular flexibility index (Phi) is 5.78. The van der Waals surface area contributed by atoms with Crippen LogP contribution in [0, 0.1) is 0 Å². The normalized spacial score (nSPS) is 17.4. The van der Waals surface area contributed by atoms with Gasteiger partial charge in [-0.1, -0.05) is 0 Å². The van der Waals surface area contributed by atoms with Crippen LogP contribution in [0.15, 0.2) is 15.9 Å². The summed E-state index contributed by atoms with van der Waals surface area (Å²) in [5.74, 6) is -1.43. The van der Waals surface area contributed by atoms with Crippen LogP contribution < -0.4 is 0 Å². The summed E-state index contributed by atoms with van der Waals surface area (Å²) < 4.78 is 6.26. The number of halogens is 1. The molecule has 5 nitrogen and oxygen atoms in total. The Morgan fingerprint density at radius 2 is 2.14 bits per heavy atom. The Bertz CT molecular complexity index is 513. The minimum Gasteiger partial charge on any atom is -0.480 e. The summed E-state index contributed by atoms with van der Waals surface area (Å²) in [4.78, 5) is 26.2. The van der Waals surface area contributed by atoms with Crippen LogP contribution in [-0.2, 0) is 14.3 Å². The van der Waals surface area contributed by atoms with Gasteiger partial charge in [0.2, 0.25) is 5.91 Å². The molecule has 116 valence electrons. The maximum absolute atomic E-state index is 12.7. The van der Waals surface area contributed by atoms with Crippen LogP contribution in [0.25, 0.3) is 0 Å². The van der Waals surface area contributed by atoms with E-state index in [0.717, 1.165) is 8.66 Å². The van der Waals surface area contributed by atoms with E-state index in [4.69, 9.17) is 9.84 Å². The van der Waals surface area contributed by atoms with Crippen molar-refractivity contribution in [1.29, 1.82) is 0 Å². The van der Waals surface area contributed by atoms with E-state index in [1.54, 1.807) is 0 Å². The number of carboxylic acid groups (broad SMARTS) is 1. The van der Waals surface area contributed by atoms with Crippen molar-refractivity contribution in [1.82, 2.24) is 4.90 Å². The predicted molar refractivity (Wildman–Crippen MR) is 83.6 cm³/mol. The summed E-state index contributed by atoms with van der Waals surface area (Å²) in [5.41, 5.74) is 0. The Hall–Kier alpha value is -0.920. The van der Waals surface area contributed by atoms with Gasteiger partial charge in [-0.25, -0.2) is 0 Å². The van der Waals surface area contributed by atoms with E-state index in [-0.39, 0.29) is 24.4 Å². The van der Waals surface area contributed by atoms with Crippen molar-refractivity contribution in [3.05, 3.63) is 20.8 Å². The standard InChI is InChI=1S/C14H18BrNO4S/c1-9(11-2-3-12(15)21-11)14(19)16(8-13(17)18)10-4-6-20-7-5-10/h2-3,9-10H,4-8H2,1H3,(H,17,18). The van der Waals surface area contributed by atoms with Gasteiger partial charge in [0.05, 0.1) is 9.70 Å². The van der Waals surface area contributed by atoms with Gasteiger partial charge in [-0.2, -0.15) is 0 Å². The highest BCUT2D eigenvalue weighted by molar-refractivity contribution is 9.11. The molecule has 1 saturated heterocycles. The van der Waals surface area contributed by atoms with Crippen molar-refractivity contribution in [2.24, 2.45) is 0 Å². The number of rotatable bonds is 5. The highest BCUT2D eigenvalue weighted by Crippen LogP contribution is 2.30. The van der Waals surface area contributed by atoms with Crippen LogP contribution in [0.3, 0.4) is 0 Å². The first kappa shape index (κ1) is 16.5. The van der Waals surface area contributed by atoms with Gasteiger partial charge in [0.1, 0.15) is 6.54 Å². The topological polar surface area (TPSA) is 66.8 Å². The fourth-order valence-corrected chi connectivity index (χ4v) is 3.93. The zero-order chi connectivity index (χ0) is 15.4. The van der Waals surface area contributed by atoms with E-state index in [1.165, 1.54) is 16.2 Å². The van der Waals surface area contributed by atoms with E-state index in [9.17, 15) is 9.59 Å². The van der Waals surface area contributed by atoms with E-state index in [1.807, 2.05) is 19.1 Å². The maximum Gasteiger partial charge on any atom is 0.323 e. The van der Waals surface area contributed by atoms with Gasteiger partial charge in [0, 0.05) is 24.1 Å². The van der Waals surface area contributed by atoms with Crippen molar-refractivity contribution in [3.63, 3.8) is 0 Å². The molecule has 1 atom stereocenters. The molecule has 1 unspecified atom stereocenters. The van der Waals surface area contributed by atoms with Crippen molar-refractivity contribution < 1.29 is 19.4 Å². The van der Waals surface area contributed by atoms with Gasteiger partial charge >= 0.3 is 5.97 Å². The Balaban J connectivity index is 2.14. The van der Waals surface area contributed by atoms with Crippen LogP contribution in [-0.4, -0.2) is 47.7 Å².